The van der Waals surface area contributed by atoms with Crippen molar-refractivity contribution in [1.82, 2.24) is 24.8 Å². The van der Waals surface area contributed by atoms with Crippen molar-refractivity contribution in [3.05, 3.63) is 102 Å². The molecule has 2 aliphatic rings. The molecule has 240 valence electrons. The molecule has 2 saturated heterocycles. The molecule has 2 aromatic heterocycles. The Kier molecular flexibility index (Phi) is 10.0. The summed E-state index contributed by atoms with van der Waals surface area (Å²) in [6, 6.07) is 22.3. The summed E-state index contributed by atoms with van der Waals surface area (Å²) in [5.41, 5.74) is 7.32. The SMILES string of the molecule is Cc1ccc2cc(-c3cncc(-c4ccc(C(=O)N5CCOCC5)cc4)n3)[nH]c2c1.O=C(c1ccc(B(O)O)cc1)N1CCOCC1. The van der Waals surface area contributed by atoms with Crippen LogP contribution in [-0.4, -0.2) is 106 Å². The number of benzene rings is 3. The zero-order valence-electron chi connectivity index (χ0n) is 26.1. The standard InChI is InChI=1S/C24H22N4O2.C11H14BNO4/c1-16-2-3-19-13-21(26-20(19)12-16)23-15-25-14-22(27-23)17-4-6-18(7-5-17)24(29)28-8-10-30-11-9-28;14-11(13-5-7-17-8-6-13)9-1-3-10(4-2-9)12(15)16/h2-7,12-15,26H,8-11H2,1H3;1-4,15-16H,5-8H2. The fourth-order valence-corrected chi connectivity index (χ4v) is 5.49. The maximum Gasteiger partial charge on any atom is 0.488 e. The summed E-state index contributed by atoms with van der Waals surface area (Å²) in [6.07, 6.45) is 3.51. The van der Waals surface area contributed by atoms with Crippen LogP contribution in [0.2, 0.25) is 0 Å². The van der Waals surface area contributed by atoms with E-state index in [1.807, 2.05) is 29.2 Å². The van der Waals surface area contributed by atoms with Gasteiger partial charge in [-0.2, -0.15) is 0 Å². The van der Waals surface area contributed by atoms with Crippen molar-refractivity contribution >= 4 is 35.3 Å². The summed E-state index contributed by atoms with van der Waals surface area (Å²) in [7, 11) is -1.50. The number of aryl methyl sites for hydroxylation is 1. The molecule has 0 aliphatic carbocycles. The quantitative estimate of drug-likeness (QED) is 0.251. The number of fused-ring (bicyclic) bond motifs is 1. The Morgan fingerprint density at radius 3 is 1.87 bits per heavy atom. The molecule has 0 spiro atoms. The number of carbonyl (C=O) groups is 2. The number of H-pyrrole nitrogens is 1. The normalized spacial score (nSPS) is 14.8. The van der Waals surface area contributed by atoms with Crippen LogP contribution in [0.15, 0.2) is 85.2 Å². The first kappa shape index (κ1) is 32.1. The van der Waals surface area contributed by atoms with Crippen molar-refractivity contribution < 1.29 is 29.1 Å². The Balaban J connectivity index is 0.000000193. The Morgan fingerprint density at radius 1 is 0.745 bits per heavy atom. The van der Waals surface area contributed by atoms with E-state index >= 15 is 0 Å². The minimum Gasteiger partial charge on any atom is -0.423 e. The van der Waals surface area contributed by atoms with Gasteiger partial charge in [0.15, 0.2) is 0 Å². The average molecular weight is 634 g/mol. The highest BCUT2D eigenvalue weighted by molar-refractivity contribution is 6.58. The number of amides is 2. The predicted molar refractivity (Wildman–Crippen MR) is 179 cm³/mol. The lowest BCUT2D eigenvalue weighted by Crippen LogP contribution is -2.40. The molecule has 2 fully saturated rings. The monoisotopic (exact) mass is 633 g/mol. The van der Waals surface area contributed by atoms with Gasteiger partial charge >= 0.3 is 7.12 Å². The van der Waals surface area contributed by atoms with E-state index in [1.165, 1.54) is 5.56 Å². The first-order valence-corrected chi connectivity index (χ1v) is 15.6. The molecule has 0 bridgehead atoms. The Morgan fingerprint density at radius 2 is 1.30 bits per heavy atom. The molecule has 5 aromatic rings. The molecule has 0 saturated carbocycles. The second kappa shape index (κ2) is 14.7. The molecule has 3 N–H and O–H groups in total. The van der Waals surface area contributed by atoms with Gasteiger partial charge in [0, 0.05) is 53.8 Å². The van der Waals surface area contributed by atoms with Gasteiger partial charge < -0.3 is 34.3 Å². The van der Waals surface area contributed by atoms with E-state index in [2.05, 4.69) is 41.2 Å². The van der Waals surface area contributed by atoms with Crippen LogP contribution in [0.4, 0.5) is 0 Å². The molecule has 12 heteroatoms. The summed E-state index contributed by atoms with van der Waals surface area (Å²) in [5.74, 6) is -0.00895. The number of carbonyl (C=O) groups excluding carboxylic acids is 2. The molecule has 0 atom stereocenters. The third-order valence-corrected chi connectivity index (χ3v) is 8.17. The molecule has 47 heavy (non-hydrogen) atoms. The zero-order valence-corrected chi connectivity index (χ0v) is 26.1. The summed E-state index contributed by atoms with van der Waals surface area (Å²) in [6.45, 7) is 6.88. The van der Waals surface area contributed by atoms with Crippen LogP contribution in [-0.2, 0) is 9.47 Å². The van der Waals surface area contributed by atoms with Gasteiger partial charge in [-0.15, -0.1) is 0 Å². The highest BCUT2D eigenvalue weighted by Crippen LogP contribution is 2.26. The van der Waals surface area contributed by atoms with Crippen LogP contribution in [0.3, 0.4) is 0 Å². The van der Waals surface area contributed by atoms with Gasteiger partial charge in [-0.05, 0) is 54.3 Å². The van der Waals surface area contributed by atoms with Crippen molar-refractivity contribution in [1.29, 1.82) is 0 Å². The summed E-state index contributed by atoms with van der Waals surface area (Å²) >= 11 is 0. The number of morpholine rings is 2. The number of aromatic amines is 1. The summed E-state index contributed by atoms with van der Waals surface area (Å²) < 4.78 is 10.5. The van der Waals surface area contributed by atoms with Crippen LogP contribution >= 0.6 is 0 Å². The van der Waals surface area contributed by atoms with Crippen molar-refractivity contribution in [3.63, 3.8) is 0 Å². The van der Waals surface area contributed by atoms with Gasteiger partial charge in [0.05, 0.1) is 50.2 Å². The number of nitrogens with one attached hydrogen (secondary N) is 1. The predicted octanol–water partition coefficient (Wildman–Crippen LogP) is 2.91. The van der Waals surface area contributed by atoms with Gasteiger partial charge in [0.25, 0.3) is 11.8 Å². The number of hydrogen-bond donors (Lipinski definition) is 3. The summed E-state index contributed by atoms with van der Waals surface area (Å²) in [5, 5.41) is 19.0. The third-order valence-electron chi connectivity index (χ3n) is 8.17. The Hall–Kier alpha value is -4.88. The molecule has 7 rings (SSSR count). The van der Waals surface area contributed by atoms with Crippen LogP contribution in [0.1, 0.15) is 26.3 Å². The lowest BCUT2D eigenvalue weighted by Gasteiger charge is -2.26. The third kappa shape index (κ3) is 7.75. The molecular weight excluding hydrogens is 597 g/mol. The number of rotatable bonds is 5. The van der Waals surface area contributed by atoms with Gasteiger partial charge in [-0.3, -0.25) is 14.6 Å². The van der Waals surface area contributed by atoms with E-state index in [4.69, 9.17) is 24.5 Å². The first-order chi connectivity index (χ1) is 22.9. The maximum atomic E-state index is 12.6. The van der Waals surface area contributed by atoms with E-state index < -0.39 is 7.12 Å². The van der Waals surface area contributed by atoms with Crippen LogP contribution in [0.25, 0.3) is 33.5 Å². The minimum atomic E-state index is -1.50. The second-order valence-corrected chi connectivity index (χ2v) is 11.4. The van der Waals surface area contributed by atoms with E-state index in [0.717, 1.165) is 33.5 Å². The average Bonchev–Trinajstić information content (AvgIpc) is 3.56. The maximum absolute atomic E-state index is 12.6. The topological polar surface area (TPSA) is 141 Å². The van der Waals surface area contributed by atoms with Gasteiger partial charge in [0.1, 0.15) is 5.69 Å². The fourth-order valence-electron chi connectivity index (χ4n) is 5.49. The Bertz CT molecular complexity index is 1830. The zero-order chi connectivity index (χ0) is 32.8. The fraction of sp³-hybridized carbons (Fsp3) is 0.257. The van der Waals surface area contributed by atoms with Gasteiger partial charge in [-0.25, -0.2) is 4.98 Å². The number of aromatic nitrogens is 3. The highest BCUT2D eigenvalue weighted by atomic mass is 16.5. The lowest BCUT2D eigenvalue weighted by atomic mass is 9.80. The minimum absolute atomic E-state index is 0.0399. The van der Waals surface area contributed by atoms with E-state index in [9.17, 15) is 9.59 Å². The van der Waals surface area contributed by atoms with Gasteiger partial charge in [-0.1, -0.05) is 36.4 Å². The van der Waals surface area contributed by atoms with Crippen molar-refractivity contribution in [3.8, 4) is 22.6 Å². The first-order valence-electron chi connectivity index (χ1n) is 15.6. The van der Waals surface area contributed by atoms with Crippen LogP contribution < -0.4 is 5.46 Å². The molecule has 0 unspecified atom stereocenters. The van der Waals surface area contributed by atoms with E-state index in [1.54, 1.807) is 41.6 Å². The Labute approximate surface area is 272 Å². The van der Waals surface area contributed by atoms with Crippen molar-refractivity contribution in [2.75, 3.05) is 52.6 Å². The summed E-state index contributed by atoms with van der Waals surface area (Å²) in [4.78, 5) is 40.8. The van der Waals surface area contributed by atoms with Crippen LogP contribution in [0, 0.1) is 6.92 Å². The molecule has 11 nitrogen and oxygen atoms in total. The van der Waals surface area contributed by atoms with E-state index in [0.29, 0.717) is 69.2 Å². The molecule has 0 radical (unpaired) electrons. The van der Waals surface area contributed by atoms with Crippen molar-refractivity contribution in [2.45, 2.75) is 6.92 Å². The molecule has 3 aromatic carbocycles. The molecular formula is C35H36BN5O6. The van der Waals surface area contributed by atoms with Crippen molar-refractivity contribution in [2.24, 2.45) is 0 Å². The van der Waals surface area contributed by atoms with Crippen LogP contribution in [0.5, 0.6) is 0 Å². The molecule has 2 aliphatic heterocycles. The highest BCUT2D eigenvalue weighted by Gasteiger charge is 2.20. The lowest BCUT2D eigenvalue weighted by molar-refractivity contribution is 0.0301. The smallest absolute Gasteiger partial charge is 0.423 e. The number of ether oxygens (including phenoxy) is 2. The number of hydrogen-bond acceptors (Lipinski definition) is 8. The largest absolute Gasteiger partial charge is 0.488 e. The molecule has 2 amide bonds. The molecule has 4 heterocycles. The second-order valence-electron chi connectivity index (χ2n) is 11.4. The number of nitrogens with zero attached hydrogens (tertiary/aromatic N) is 4. The van der Waals surface area contributed by atoms with E-state index in [-0.39, 0.29) is 11.8 Å². The van der Waals surface area contributed by atoms with Gasteiger partial charge in [0.2, 0.25) is 0 Å².